The summed E-state index contributed by atoms with van der Waals surface area (Å²) < 4.78 is 29.5. The highest BCUT2D eigenvalue weighted by atomic mass is 19.3. The van der Waals surface area contributed by atoms with E-state index in [2.05, 4.69) is 25.8 Å². The Bertz CT molecular complexity index is 1080. The summed E-state index contributed by atoms with van der Waals surface area (Å²) in [7, 11) is 0. The van der Waals surface area contributed by atoms with Gasteiger partial charge in [-0.2, -0.15) is 5.10 Å². The van der Waals surface area contributed by atoms with E-state index in [4.69, 9.17) is 0 Å². The van der Waals surface area contributed by atoms with Gasteiger partial charge < -0.3 is 10.2 Å². The summed E-state index contributed by atoms with van der Waals surface area (Å²) in [5.74, 6) is -4.01. The fraction of sp³-hybridized carbons (Fsp3) is 0.350. The van der Waals surface area contributed by atoms with Crippen LogP contribution in [0.4, 0.5) is 8.78 Å². The van der Waals surface area contributed by atoms with Gasteiger partial charge in [-0.25, -0.2) is 13.5 Å². The van der Waals surface area contributed by atoms with Crippen molar-refractivity contribution >= 4 is 11.8 Å². The molecular formula is C20H21F2N7O2. The summed E-state index contributed by atoms with van der Waals surface area (Å²) in [6.07, 6.45) is 0.885. The zero-order valence-electron chi connectivity index (χ0n) is 16.8. The van der Waals surface area contributed by atoms with Crippen LogP contribution in [-0.2, 0) is 13.1 Å². The molecule has 2 N–H and O–H groups in total. The molecule has 31 heavy (non-hydrogen) atoms. The second-order valence-corrected chi connectivity index (χ2v) is 7.58. The van der Waals surface area contributed by atoms with Crippen molar-refractivity contribution in [3.8, 4) is 0 Å². The zero-order chi connectivity index (χ0) is 22.0. The zero-order valence-corrected chi connectivity index (χ0v) is 16.8. The van der Waals surface area contributed by atoms with Crippen LogP contribution < -0.4 is 5.32 Å². The topological polar surface area (TPSA) is 109 Å². The molecule has 3 heterocycles. The SMILES string of the molecule is Cc1cc(C(=O)N2CC(F)(F)C[C@H]2Cn2cc(C(=O)NCc3ccccc3)nn2)n[nH]1. The van der Waals surface area contributed by atoms with Gasteiger partial charge in [-0.3, -0.25) is 14.7 Å². The molecule has 0 radical (unpaired) electrons. The lowest BCUT2D eigenvalue weighted by atomic mass is 10.2. The van der Waals surface area contributed by atoms with Crippen LogP contribution in [0, 0.1) is 6.92 Å². The number of carbonyl (C=O) groups excluding carboxylic acids is 2. The number of amides is 2. The largest absolute Gasteiger partial charge is 0.347 e. The monoisotopic (exact) mass is 429 g/mol. The molecule has 2 amide bonds. The van der Waals surface area contributed by atoms with E-state index in [9.17, 15) is 18.4 Å². The Morgan fingerprint density at radius 1 is 1.26 bits per heavy atom. The number of nitrogens with one attached hydrogen (secondary N) is 2. The predicted octanol–water partition coefficient (Wildman–Crippen LogP) is 1.79. The molecule has 0 saturated carbocycles. The Balaban J connectivity index is 1.42. The fourth-order valence-electron chi connectivity index (χ4n) is 3.55. The van der Waals surface area contributed by atoms with Crippen LogP contribution in [0.3, 0.4) is 0 Å². The number of hydrogen-bond donors (Lipinski definition) is 2. The summed E-state index contributed by atoms with van der Waals surface area (Å²) in [5.41, 5.74) is 1.74. The van der Waals surface area contributed by atoms with Gasteiger partial charge in [0.25, 0.3) is 17.7 Å². The fourth-order valence-corrected chi connectivity index (χ4v) is 3.55. The molecule has 1 aromatic carbocycles. The van der Waals surface area contributed by atoms with E-state index in [1.807, 2.05) is 30.3 Å². The molecule has 3 aromatic rings. The van der Waals surface area contributed by atoms with E-state index >= 15 is 0 Å². The van der Waals surface area contributed by atoms with Crippen LogP contribution in [0.5, 0.6) is 0 Å². The van der Waals surface area contributed by atoms with E-state index in [-0.39, 0.29) is 17.9 Å². The number of nitrogens with zero attached hydrogens (tertiary/aromatic N) is 5. The van der Waals surface area contributed by atoms with Gasteiger partial charge in [0.2, 0.25) is 0 Å². The normalized spacial score (nSPS) is 17.6. The number of hydrogen-bond acceptors (Lipinski definition) is 5. The molecule has 0 bridgehead atoms. The van der Waals surface area contributed by atoms with Gasteiger partial charge in [0.1, 0.15) is 5.69 Å². The summed E-state index contributed by atoms with van der Waals surface area (Å²) in [6, 6.07) is 10.1. The lowest BCUT2D eigenvalue weighted by Gasteiger charge is -2.22. The average molecular weight is 429 g/mol. The minimum absolute atomic E-state index is 0.0102. The number of alkyl halides is 2. The van der Waals surface area contributed by atoms with Crippen LogP contribution in [0.1, 0.15) is 38.7 Å². The molecule has 11 heteroatoms. The molecule has 1 aliphatic rings. The van der Waals surface area contributed by atoms with Crippen molar-refractivity contribution in [2.75, 3.05) is 6.54 Å². The number of carbonyl (C=O) groups is 2. The van der Waals surface area contributed by atoms with Crippen molar-refractivity contribution in [2.45, 2.75) is 38.4 Å². The number of aromatic amines is 1. The van der Waals surface area contributed by atoms with Gasteiger partial charge in [0, 0.05) is 18.7 Å². The van der Waals surface area contributed by atoms with Gasteiger partial charge in [0.05, 0.1) is 25.3 Å². The maximum atomic E-state index is 14.1. The third-order valence-electron chi connectivity index (χ3n) is 5.03. The summed E-state index contributed by atoms with van der Waals surface area (Å²) in [6.45, 7) is 1.34. The van der Waals surface area contributed by atoms with E-state index < -0.39 is 36.7 Å². The Morgan fingerprint density at radius 3 is 2.74 bits per heavy atom. The van der Waals surface area contributed by atoms with Crippen LogP contribution >= 0.6 is 0 Å². The Morgan fingerprint density at radius 2 is 2.03 bits per heavy atom. The molecule has 1 aliphatic heterocycles. The van der Waals surface area contributed by atoms with Gasteiger partial charge >= 0.3 is 0 Å². The highest BCUT2D eigenvalue weighted by Crippen LogP contribution is 2.33. The highest BCUT2D eigenvalue weighted by molar-refractivity contribution is 5.93. The number of aryl methyl sites for hydroxylation is 1. The molecule has 0 aliphatic carbocycles. The first-order valence-electron chi connectivity index (χ1n) is 9.74. The van der Waals surface area contributed by atoms with Crippen molar-refractivity contribution in [1.82, 2.24) is 35.4 Å². The van der Waals surface area contributed by atoms with Crippen molar-refractivity contribution < 1.29 is 18.4 Å². The Hall–Kier alpha value is -3.63. The first-order valence-corrected chi connectivity index (χ1v) is 9.74. The number of aromatic nitrogens is 5. The third-order valence-corrected chi connectivity index (χ3v) is 5.03. The summed E-state index contributed by atoms with van der Waals surface area (Å²) >= 11 is 0. The predicted molar refractivity (Wildman–Crippen MR) is 105 cm³/mol. The quantitative estimate of drug-likeness (QED) is 0.621. The van der Waals surface area contributed by atoms with Gasteiger partial charge in [-0.05, 0) is 18.6 Å². The first kappa shape index (κ1) is 20.6. The number of benzene rings is 1. The van der Waals surface area contributed by atoms with E-state index in [1.54, 1.807) is 6.92 Å². The number of H-pyrrole nitrogens is 1. The smallest absolute Gasteiger partial charge is 0.274 e. The van der Waals surface area contributed by atoms with Crippen molar-refractivity contribution in [1.29, 1.82) is 0 Å². The minimum atomic E-state index is -3.01. The molecular weight excluding hydrogens is 408 g/mol. The third kappa shape index (κ3) is 4.76. The summed E-state index contributed by atoms with van der Waals surface area (Å²) in [5, 5.41) is 17.0. The summed E-state index contributed by atoms with van der Waals surface area (Å²) in [4.78, 5) is 26.1. The van der Waals surface area contributed by atoms with Crippen LogP contribution in [0.2, 0.25) is 0 Å². The maximum absolute atomic E-state index is 14.1. The van der Waals surface area contributed by atoms with E-state index in [1.165, 1.54) is 16.9 Å². The van der Waals surface area contributed by atoms with Gasteiger partial charge in [-0.1, -0.05) is 35.5 Å². The average Bonchev–Trinajstić information content (AvgIpc) is 3.45. The molecule has 0 spiro atoms. The lowest BCUT2D eigenvalue weighted by molar-refractivity contribution is 0.0116. The van der Waals surface area contributed by atoms with Crippen LogP contribution in [0.15, 0.2) is 42.6 Å². The lowest BCUT2D eigenvalue weighted by Crippen LogP contribution is -2.39. The van der Waals surface area contributed by atoms with Gasteiger partial charge in [0.15, 0.2) is 5.69 Å². The molecule has 1 atom stereocenters. The molecule has 0 unspecified atom stereocenters. The minimum Gasteiger partial charge on any atom is -0.347 e. The molecule has 2 aromatic heterocycles. The Kier molecular flexibility index (Phi) is 5.49. The molecule has 9 nitrogen and oxygen atoms in total. The van der Waals surface area contributed by atoms with Crippen molar-refractivity contribution in [2.24, 2.45) is 0 Å². The van der Waals surface area contributed by atoms with E-state index in [0.717, 1.165) is 10.5 Å². The van der Waals surface area contributed by atoms with Crippen molar-refractivity contribution in [3.05, 3.63) is 65.2 Å². The molecule has 162 valence electrons. The first-order chi connectivity index (χ1) is 14.8. The Labute approximate surface area is 176 Å². The number of rotatable bonds is 6. The molecule has 1 fully saturated rings. The molecule has 1 saturated heterocycles. The molecule has 4 rings (SSSR count). The maximum Gasteiger partial charge on any atom is 0.274 e. The van der Waals surface area contributed by atoms with Gasteiger partial charge in [-0.15, -0.1) is 5.10 Å². The second-order valence-electron chi connectivity index (χ2n) is 7.58. The number of likely N-dealkylation sites (tertiary alicyclic amines) is 1. The van der Waals surface area contributed by atoms with Crippen molar-refractivity contribution in [3.63, 3.8) is 0 Å². The highest BCUT2D eigenvalue weighted by Gasteiger charge is 2.47. The second kappa shape index (κ2) is 8.25. The standard InChI is InChI=1S/C20H21F2N7O2/c1-13-7-16(25-24-13)19(31)29-12-20(21,22)8-15(29)10-28-11-17(26-27-28)18(30)23-9-14-5-3-2-4-6-14/h2-7,11,15H,8-10,12H2,1H3,(H,23,30)(H,24,25)/t15-/m0/s1. The van der Waals surface area contributed by atoms with Crippen LogP contribution in [0.25, 0.3) is 0 Å². The number of halogens is 2. The van der Waals surface area contributed by atoms with E-state index in [0.29, 0.717) is 12.2 Å². The van der Waals surface area contributed by atoms with Crippen LogP contribution in [-0.4, -0.2) is 60.4 Å².